The van der Waals surface area contributed by atoms with Crippen molar-refractivity contribution in [2.75, 3.05) is 6.54 Å². The van der Waals surface area contributed by atoms with Gasteiger partial charge in [0.15, 0.2) is 0 Å². The van der Waals surface area contributed by atoms with E-state index < -0.39 is 0 Å². The predicted molar refractivity (Wildman–Crippen MR) is 74.1 cm³/mol. The lowest BCUT2D eigenvalue weighted by molar-refractivity contribution is -0.154. The van der Waals surface area contributed by atoms with Crippen LogP contribution < -0.4 is 5.73 Å². The van der Waals surface area contributed by atoms with Crippen LogP contribution in [0.15, 0.2) is 0 Å². The summed E-state index contributed by atoms with van der Waals surface area (Å²) in [6.07, 6.45) is 4.74. The van der Waals surface area contributed by atoms with Gasteiger partial charge in [-0.1, -0.05) is 34.1 Å². The van der Waals surface area contributed by atoms with Crippen molar-refractivity contribution in [1.29, 1.82) is 0 Å². The molecule has 3 unspecified atom stereocenters. The first-order chi connectivity index (χ1) is 8.36. The number of rotatable bonds is 5. The monoisotopic (exact) mass is 255 g/mol. The molecule has 1 aliphatic rings. The average molecular weight is 255 g/mol. The van der Waals surface area contributed by atoms with Crippen LogP contribution in [0, 0.1) is 17.3 Å². The lowest BCUT2D eigenvalue weighted by Crippen LogP contribution is -2.34. The van der Waals surface area contributed by atoms with Gasteiger partial charge in [0.05, 0.1) is 0 Å². The van der Waals surface area contributed by atoms with Gasteiger partial charge >= 0.3 is 5.97 Å². The van der Waals surface area contributed by atoms with Gasteiger partial charge in [-0.15, -0.1) is 0 Å². The Morgan fingerprint density at radius 3 is 2.61 bits per heavy atom. The number of hydrogen-bond acceptors (Lipinski definition) is 3. The number of hydrogen-bond donors (Lipinski definition) is 1. The van der Waals surface area contributed by atoms with E-state index in [2.05, 4.69) is 27.7 Å². The predicted octanol–water partition coefficient (Wildman–Crippen LogP) is 3.12. The molecule has 1 fully saturated rings. The molecule has 0 saturated heterocycles. The number of ether oxygens (including phenoxy) is 1. The molecular weight excluding hydrogens is 226 g/mol. The van der Waals surface area contributed by atoms with E-state index in [0.29, 0.717) is 24.3 Å². The molecule has 1 saturated carbocycles. The van der Waals surface area contributed by atoms with E-state index in [9.17, 15) is 4.79 Å². The van der Waals surface area contributed by atoms with Gasteiger partial charge in [-0.3, -0.25) is 4.79 Å². The second-order valence-electron chi connectivity index (χ2n) is 6.74. The highest BCUT2D eigenvalue weighted by Gasteiger charge is 2.34. The van der Waals surface area contributed by atoms with Gasteiger partial charge in [-0.2, -0.15) is 0 Å². The fourth-order valence-corrected chi connectivity index (χ4v) is 3.21. The molecule has 0 aromatic rings. The molecule has 2 N–H and O–H groups in total. The van der Waals surface area contributed by atoms with Crippen molar-refractivity contribution in [3.8, 4) is 0 Å². The third-order valence-electron chi connectivity index (χ3n) is 4.01. The molecule has 3 atom stereocenters. The van der Waals surface area contributed by atoms with Gasteiger partial charge in [0.1, 0.15) is 6.10 Å². The first-order valence-corrected chi connectivity index (χ1v) is 7.26. The largest absolute Gasteiger partial charge is 0.462 e. The van der Waals surface area contributed by atoms with Crippen molar-refractivity contribution in [3.63, 3.8) is 0 Å². The molecule has 3 nitrogen and oxygen atoms in total. The Morgan fingerprint density at radius 2 is 2.11 bits per heavy atom. The number of carbonyl (C=O) groups excluding carboxylic acids is 1. The lowest BCUT2D eigenvalue weighted by atomic mass is 9.71. The van der Waals surface area contributed by atoms with E-state index in [1.807, 2.05) is 0 Å². The quantitative estimate of drug-likeness (QED) is 0.768. The molecular formula is C15H29NO2. The van der Waals surface area contributed by atoms with E-state index in [1.54, 1.807) is 0 Å². The molecule has 0 aromatic heterocycles. The fourth-order valence-electron chi connectivity index (χ4n) is 3.21. The van der Waals surface area contributed by atoms with E-state index >= 15 is 0 Å². The first-order valence-electron chi connectivity index (χ1n) is 7.26. The maximum absolute atomic E-state index is 11.9. The Morgan fingerprint density at radius 1 is 1.44 bits per heavy atom. The van der Waals surface area contributed by atoms with Crippen molar-refractivity contribution < 1.29 is 9.53 Å². The Bertz CT molecular complexity index is 272. The lowest BCUT2D eigenvalue weighted by Gasteiger charge is -2.38. The smallest absolute Gasteiger partial charge is 0.306 e. The summed E-state index contributed by atoms with van der Waals surface area (Å²) < 4.78 is 5.64. The Hall–Kier alpha value is -0.570. The standard InChI is InChI=1S/C15H29NO2/c1-5-12(10-16)7-14(17)18-13-6-11(2)8-15(3,4)9-13/h11-13H,5-10,16H2,1-4H3. The van der Waals surface area contributed by atoms with Crippen LogP contribution in [0.4, 0.5) is 0 Å². The molecule has 0 bridgehead atoms. The van der Waals surface area contributed by atoms with E-state index in [0.717, 1.165) is 19.3 Å². The van der Waals surface area contributed by atoms with Gasteiger partial charge < -0.3 is 10.5 Å². The fraction of sp³-hybridized carbons (Fsp3) is 0.933. The van der Waals surface area contributed by atoms with Crippen molar-refractivity contribution >= 4 is 5.97 Å². The maximum Gasteiger partial charge on any atom is 0.306 e. The van der Waals surface area contributed by atoms with Crippen molar-refractivity contribution in [3.05, 3.63) is 0 Å². The van der Waals surface area contributed by atoms with Gasteiger partial charge in [-0.05, 0) is 43.1 Å². The molecule has 106 valence electrons. The summed E-state index contributed by atoms with van der Waals surface area (Å²) in [5, 5.41) is 0. The SMILES string of the molecule is CCC(CN)CC(=O)OC1CC(C)CC(C)(C)C1. The van der Waals surface area contributed by atoms with Gasteiger partial charge in [-0.25, -0.2) is 0 Å². The Labute approximate surface area is 111 Å². The first kappa shape index (κ1) is 15.5. The summed E-state index contributed by atoms with van der Waals surface area (Å²) in [5.41, 5.74) is 5.91. The van der Waals surface area contributed by atoms with Crippen molar-refractivity contribution in [2.24, 2.45) is 23.0 Å². The molecule has 18 heavy (non-hydrogen) atoms. The van der Waals surface area contributed by atoms with Crippen LogP contribution in [0.5, 0.6) is 0 Å². The molecule has 3 heteroatoms. The molecule has 0 spiro atoms. The van der Waals surface area contributed by atoms with Crippen LogP contribution in [0.2, 0.25) is 0 Å². The summed E-state index contributed by atoms with van der Waals surface area (Å²) in [7, 11) is 0. The van der Waals surface area contributed by atoms with Crippen LogP contribution in [0.3, 0.4) is 0 Å². The normalized spacial score (nSPS) is 28.7. The Kier molecular flexibility index (Phi) is 5.64. The third kappa shape index (κ3) is 4.97. The number of nitrogens with two attached hydrogens (primary N) is 1. The van der Waals surface area contributed by atoms with E-state index in [-0.39, 0.29) is 18.0 Å². The van der Waals surface area contributed by atoms with Crippen molar-refractivity contribution in [2.45, 2.75) is 65.9 Å². The average Bonchev–Trinajstić information content (AvgIpc) is 2.22. The van der Waals surface area contributed by atoms with Gasteiger partial charge in [0.2, 0.25) is 0 Å². The van der Waals surface area contributed by atoms with Crippen LogP contribution >= 0.6 is 0 Å². The molecule has 0 radical (unpaired) electrons. The summed E-state index contributed by atoms with van der Waals surface area (Å²) in [6.45, 7) is 9.40. The minimum Gasteiger partial charge on any atom is -0.462 e. The van der Waals surface area contributed by atoms with E-state index in [1.165, 1.54) is 6.42 Å². The number of esters is 1. The minimum atomic E-state index is -0.0674. The molecule has 0 amide bonds. The highest BCUT2D eigenvalue weighted by Crippen LogP contribution is 2.39. The van der Waals surface area contributed by atoms with Crippen LogP contribution in [-0.4, -0.2) is 18.6 Å². The second kappa shape index (κ2) is 6.55. The van der Waals surface area contributed by atoms with Gasteiger partial charge in [0.25, 0.3) is 0 Å². The maximum atomic E-state index is 11.9. The summed E-state index contributed by atoms with van der Waals surface area (Å²) in [6, 6.07) is 0. The zero-order valence-electron chi connectivity index (χ0n) is 12.4. The van der Waals surface area contributed by atoms with Crippen LogP contribution in [0.1, 0.15) is 59.8 Å². The molecule has 1 rings (SSSR count). The third-order valence-corrected chi connectivity index (χ3v) is 4.01. The molecule has 0 aliphatic heterocycles. The summed E-state index contributed by atoms with van der Waals surface area (Å²) >= 11 is 0. The van der Waals surface area contributed by atoms with E-state index in [4.69, 9.17) is 10.5 Å². The summed E-state index contributed by atoms with van der Waals surface area (Å²) in [5.74, 6) is 0.844. The highest BCUT2D eigenvalue weighted by molar-refractivity contribution is 5.69. The zero-order chi connectivity index (χ0) is 13.8. The zero-order valence-corrected chi connectivity index (χ0v) is 12.4. The molecule has 0 aromatic carbocycles. The molecule has 1 aliphatic carbocycles. The Balaban J connectivity index is 2.44. The van der Waals surface area contributed by atoms with Crippen molar-refractivity contribution in [1.82, 2.24) is 0 Å². The van der Waals surface area contributed by atoms with Gasteiger partial charge in [0, 0.05) is 6.42 Å². The topological polar surface area (TPSA) is 52.3 Å². The van der Waals surface area contributed by atoms with Crippen LogP contribution in [-0.2, 0) is 9.53 Å². The summed E-state index contributed by atoms with van der Waals surface area (Å²) in [4.78, 5) is 11.9. The second-order valence-corrected chi connectivity index (χ2v) is 6.74. The number of carbonyl (C=O) groups is 1. The minimum absolute atomic E-state index is 0.0674. The highest BCUT2D eigenvalue weighted by atomic mass is 16.5. The molecule has 0 heterocycles. The van der Waals surface area contributed by atoms with Crippen LogP contribution in [0.25, 0.3) is 0 Å².